The Bertz CT molecular complexity index is 715. The summed E-state index contributed by atoms with van der Waals surface area (Å²) < 4.78 is 27.4. The van der Waals surface area contributed by atoms with Crippen LogP contribution >= 0.6 is 27.3 Å². The van der Waals surface area contributed by atoms with Crippen LogP contribution in [-0.4, -0.2) is 8.42 Å². The van der Waals surface area contributed by atoms with Gasteiger partial charge in [-0.2, -0.15) is 5.26 Å². The molecule has 0 aliphatic rings. The van der Waals surface area contributed by atoms with Crippen molar-refractivity contribution in [1.82, 2.24) is 4.72 Å². The summed E-state index contributed by atoms with van der Waals surface area (Å²) in [5.74, 6) is 0. The molecule has 0 aliphatic heterocycles. The Kier molecular flexibility index (Phi) is 4.37. The third-order valence-corrected chi connectivity index (χ3v) is 6.45. The first-order valence-electron chi connectivity index (χ1n) is 5.24. The van der Waals surface area contributed by atoms with Crippen molar-refractivity contribution in [2.75, 3.05) is 0 Å². The van der Waals surface area contributed by atoms with Gasteiger partial charge in [0.25, 0.3) is 10.0 Å². The predicted octanol–water partition coefficient (Wildman–Crippen LogP) is 2.86. The smallest absolute Gasteiger partial charge is 0.206 e. The Hall–Kier alpha value is -1.20. The number of nitrogens with zero attached hydrogens (tertiary/aromatic N) is 1. The Morgan fingerprint density at radius 1 is 1.26 bits per heavy atom. The fraction of sp³-hybridized carbons (Fsp3) is 0.0833. The van der Waals surface area contributed by atoms with E-state index < -0.39 is 10.0 Å². The molecule has 0 amide bonds. The van der Waals surface area contributed by atoms with E-state index in [2.05, 4.69) is 20.7 Å². The molecule has 0 radical (unpaired) electrons. The molecule has 7 heteroatoms. The minimum absolute atomic E-state index is 0.193. The minimum Gasteiger partial charge on any atom is -0.206 e. The summed E-state index contributed by atoms with van der Waals surface area (Å²) in [6.07, 6.45) is 0. The van der Waals surface area contributed by atoms with Gasteiger partial charge in [0, 0.05) is 11.0 Å². The van der Waals surface area contributed by atoms with Gasteiger partial charge >= 0.3 is 0 Å². The van der Waals surface area contributed by atoms with Crippen molar-refractivity contribution in [1.29, 1.82) is 5.26 Å². The van der Waals surface area contributed by atoms with Crippen LogP contribution in [0.25, 0.3) is 0 Å². The number of benzene rings is 1. The van der Waals surface area contributed by atoms with Crippen LogP contribution < -0.4 is 4.72 Å². The lowest BCUT2D eigenvalue weighted by molar-refractivity contribution is 0.583. The molecule has 0 saturated carbocycles. The number of rotatable bonds is 4. The Balaban J connectivity index is 2.10. The van der Waals surface area contributed by atoms with E-state index >= 15 is 0 Å². The number of nitriles is 1. The van der Waals surface area contributed by atoms with Crippen LogP contribution in [0.4, 0.5) is 0 Å². The fourth-order valence-electron chi connectivity index (χ4n) is 1.41. The molecule has 1 aromatic carbocycles. The first-order valence-corrected chi connectivity index (χ1v) is 8.40. The molecule has 0 spiro atoms. The first-order chi connectivity index (χ1) is 9.03. The lowest BCUT2D eigenvalue weighted by Crippen LogP contribution is -2.22. The predicted molar refractivity (Wildman–Crippen MR) is 77.2 cm³/mol. The number of nitrogens with one attached hydrogen (secondary N) is 1. The first kappa shape index (κ1) is 14.2. The van der Waals surface area contributed by atoms with Crippen LogP contribution in [-0.2, 0) is 16.6 Å². The topological polar surface area (TPSA) is 70.0 Å². The lowest BCUT2D eigenvalue weighted by atomic mass is 10.1. The highest BCUT2D eigenvalue weighted by Crippen LogP contribution is 2.27. The molecule has 2 rings (SSSR count). The minimum atomic E-state index is -3.50. The van der Waals surface area contributed by atoms with Gasteiger partial charge in [-0.05, 0) is 45.1 Å². The highest BCUT2D eigenvalue weighted by Gasteiger charge is 2.18. The largest absolute Gasteiger partial charge is 0.251 e. The number of hydrogen-bond donors (Lipinski definition) is 1. The summed E-state index contributed by atoms with van der Waals surface area (Å²) >= 11 is 4.36. The summed E-state index contributed by atoms with van der Waals surface area (Å²) in [6.45, 7) is 0.193. The van der Waals surface area contributed by atoms with Crippen molar-refractivity contribution in [3.8, 4) is 6.07 Å². The van der Waals surface area contributed by atoms with Gasteiger partial charge in [0.1, 0.15) is 4.21 Å². The molecule has 19 heavy (non-hydrogen) atoms. The standard InChI is InChI=1S/C12H9BrN2O2S2/c13-11-5-6-18-12(11)19(16,17)15-8-10-3-1-9(7-14)2-4-10/h1-6,15H,8H2. The SMILES string of the molecule is N#Cc1ccc(CNS(=O)(=O)c2sccc2Br)cc1. The second kappa shape index (κ2) is 5.84. The average molecular weight is 357 g/mol. The third-order valence-electron chi connectivity index (χ3n) is 2.38. The number of hydrogen-bond acceptors (Lipinski definition) is 4. The van der Waals surface area contributed by atoms with Crippen molar-refractivity contribution in [3.05, 3.63) is 51.3 Å². The number of halogens is 1. The van der Waals surface area contributed by atoms with Crippen molar-refractivity contribution >= 4 is 37.3 Å². The zero-order valence-electron chi connectivity index (χ0n) is 9.63. The van der Waals surface area contributed by atoms with E-state index in [1.165, 1.54) is 0 Å². The van der Waals surface area contributed by atoms with Gasteiger partial charge < -0.3 is 0 Å². The summed E-state index contributed by atoms with van der Waals surface area (Å²) in [4.78, 5) is 0. The van der Waals surface area contributed by atoms with E-state index in [0.717, 1.165) is 16.9 Å². The van der Waals surface area contributed by atoms with Crippen LogP contribution in [0.3, 0.4) is 0 Å². The molecule has 0 fully saturated rings. The molecule has 1 N–H and O–H groups in total. The van der Waals surface area contributed by atoms with Crippen molar-refractivity contribution in [2.45, 2.75) is 10.8 Å². The fourth-order valence-corrected chi connectivity index (χ4v) is 4.81. The molecule has 4 nitrogen and oxygen atoms in total. The van der Waals surface area contributed by atoms with Gasteiger partial charge in [0.15, 0.2) is 0 Å². The summed E-state index contributed by atoms with van der Waals surface area (Å²) in [5.41, 5.74) is 1.35. The van der Waals surface area contributed by atoms with Crippen LogP contribution in [0, 0.1) is 11.3 Å². The summed E-state index contributed by atoms with van der Waals surface area (Å²) in [6, 6.07) is 10.5. The van der Waals surface area contributed by atoms with Gasteiger partial charge in [-0.15, -0.1) is 11.3 Å². The van der Waals surface area contributed by atoms with Gasteiger partial charge in [-0.25, -0.2) is 13.1 Å². The van der Waals surface area contributed by atoms with Crippen LogP contribution in [0.15, 0.2) is 44.4 Å². The molecule has 98 valence electrons. The molecule has 0 unspecified atom stereocenters. The van der Waals surface area contributed by atoms with E-state index in [1.54, 1.807) is 35.7 Å². The second-order valence-electron chi connectivity index (χ2n) is 3.69. The average Bonchev–Trinajstić information content (AvgIpc) is 2.84. The van der Waals surface area contributed by atoms with Crippen LogP contribution in [0.1, 0.15) is 11.1 Å². The normalized spacial score (nSPS) is 11.2. The van der Waals surface area contributed by atoms with Gasteiger partial charge in [-0.1, -0.05) is 12.1 Å². The lowest BCUT2D eigenvalue weighted by Gasteiger charge is -2.05. The molecule has 1 heterocycles. The van der Waals surface area contributed by atoms with Crippen molar-refractivity contribution in [3.63, 3.8) is 0 Å². The Morgan fingerprint density at radius 3 is 2.47 bits per heavy atom. The molecule has 1 aromatic heterocycles. The molecular formula is C12H9BrN2O2S2. The summed E-state index contributed by atoms with van der Waals surface area (Å²) in [7, 11) is -3.50. The van der Waals surface area contributed by atoms with Crippen LogP contribution in [0.2, 0.25) is 0 Å². The van der Waals surface area contributed by atoms with Crippen molar-refractivity contribution < 1.29 is 8.42 Å². The van der Waals surface area contributed by atoms with E-state index in [9.17, 15) is 8.42 Å². The molecule has 0 saturated heterocycles. The molecule has 2 aromatic rings. The highest BCUT2D eigenvalue weighted by atomic mass is 79.9. The van der Waals surface area contributed by atoms with Crippen LogP contribution in [0.5, 0.6) is 0 Å². The second-order valence-corrected chi connectivity index (χ2v) is 7.42. The van der Waals surface area contributed by atoms with Crippen molar-refractivity contribution in [2.24, 2.45) is 0 Å². The molecule has 0 aliphatic carbocycles. The maximum atomic E-state index is 12.0. The van der Waals surface area contributed by atoms with E-state index in [0.29, 0.717) is 10.0 Å². The monoisotopic (exact) mass is 356 g/mol. The molecule has 0 atom stereocenters. The van der Waals surface area contributed by atoms with Gasteiger partial charge in [0.2, 0.25) is 0 Å². The maximum absolute atomic E-state index is 12.0. The molecular weight excluding hydrogens is 348 g/mol. The van der Waals surface area contributed by atoms with E-state index in [1.807, 2.05) is 6.07 Å². The number of thiophene rings is 1. The Morgan fingerprint density at radius 2 is 1.95 bits per heavy atom. The highest BCUT2D eigenvalue weighted by molar-refractivity contribution is 9.10. The maximum Gasteiger partial charge on any atom is 0.251 e. The Labute approximate surface area is 123 Å². The number of sulfonamides is 1. The zero-order chi connectivity index (χ0) is 13.9. The van der Waals surface area contributed by atoms with Gasteiger partial charge in [-0.3, -0.25) is 0 Å². The zero-order valence-corrected chi connectivity index (χ0v) is 12.8. The molecule has 0 bridgehead atoms. The van der Waals surface area contributed by atoms with E-state index in [4.69, 9.17) is 5.26 Å². The third kappa shape index (κ3) is 3.42. The quantitative estimate of drug-likeness (QED) is 0.915. The van der Waals surface area contributed by atoms with E-state index in [-0.39, 0.29) is 10.8 Å². The summed E-state index contributed by atoms with van der Waals surface area (Å²) in [5, 5.41) is 10.4. The van der Waals surface area contributed by atoms with Gasteiger partial charge in [0.05, 0.1) is 11.6 Å².